The molecule has 8 heteroatoms. The van der Waals surface area contributed by atoms with E-state index in [1.54, 1.807) is 13.8 Å². The van der Waals surface area contributed by atoms with Gasteiger partial charge in [-0.2, -0.15) is 0 Å². The number of para-hydroxylation sites is 1. The Labute approximate surface area is 159 Å². The van der Waals surface area contributed by atoms with Crippen molar-refractivity contribution >= 4 is 52.0 Å². The second kappa shape index (κ2) is 9.98. The number of thioether (sulfide) groups is 1. The Bertz CT molecular complexity index is 773. The zero-order valence-corrected chi connectivity index (χ0v) is 16.1. The minimum absolute atomic E-state index is 0.00257. The smallest absolute Gasteiger partial charge is 0.342 e. The average Bonchev–Trinajstić information content (AvgIpc) is 2.98. The van der Waals surface area contributed by atoms with Gasteiger partial charge in [-0.1, -0.05) is 18.2 Å². The lowest BCUT2D eigenvalue weighted by Crippen LogP contribution is -2.10. The molecule has 0 aliphatic rings. The molecule has 138 valence electrons. The molecular formula is C18H19NO5S2. The fourth-order valence-corrected chi connectivity index (χ4v) is 4.27. The highest BCUT2D eigenvalue weighted by molar-refractivity contribution is 8.00. The van der Waals surface area contributed by atoms with E-state index in [0.29, 0.717) is 21.1 Å². The van der Waals surface area contributed by atoms with Crippen LogP contribution in [0, 0.1) is 0 Å². The molecule has 26 heavy (non-hydrogen) atoms. The summed E-state index contributed by atoms with van der Waals surface area (Å²) in [5, 5.41) is 3.65. The van der Waals surface area contributed by atoms with Crippen LogP contribution in [0.15, 0.2) is 35.2 Å². The number of carbonyl (C=O) groups is 3. The maximum atomic E-state index is 12.5. The predicted octanol–water partition coefficient (Wildman–Crippen LogP) is 4.14. The number of carbonyl (C=O) groups excluding carboxylic acids is 3. The topological polar surface area (TPSA) is 81.7 Å². The zero-order valence-electron chi connectivity index (χ0n) is 14.4. The van der Waals surface area contributed by atoms with Crippen molar-refractivity contribution < 1.29 is 23.9 Å². The van der Waals surface area contributed by atoms with Crippen molar-refractivity contribution in [1.29, 1.82) is 0 Å². The summed E-state index contributed by atoms with van der Waals surface area (Å²) in [5.41, 5.74) is 1.04. The van der Waals surface area contributed by atoms with Gasteiger partial charge in [-0.3, -0.25) is 9.59 Å². The zero-order chi connectivity index (χ0) is 18.9. The number of rotatable bonds is 9. The van der Waals surface area contributed by atoms with Gasteiger partial charge in [-0.25, -0.2) is 4.79 Å². The lowest BCUT2D eigenvalue weighted by atomic mass is 10.2. The number of anilines is 2. The predicted molar refractivity (Wildman–Crippen MR) is 103 cm³/mol. The summed E-state index contributed by atoms with van der Waals surface area (Å²) in [6.45, 7) is 3.91. The molecular weight excluding hydrogens is 374 g/mol. The van der Waals surface area contributed by atoms with E-state index < -0.39 is 11.9 Å². The molecule has 0 aliphatic carbocycles. The largest absolute Gasteiger partial charge is 0.465 e. The van der Waals surface area contributed by atoms with Gasteiger partial charge in [0.2, 0.25) is 0 Å². The third-order valence-electron chi connectivity index (χ3n) is 3.15. The Morgan fingerprint density at radius 3 is 2.46 bits per heavy atom. The Balaban J connectivity index is 2.38. The summed E-state index contributed by atoms with van der Waals surface area (Å²) < 4.78 is 10.1. The number of aldehydes is 1. The molecule has 6 nitrogen and oxygen atoms in total. The van der Waals surface area contributed by atoms with Crippen LogP contribution < -0.4 is 5.32 Å². The third-order valence-corrected chi connectivity index (χ3v) is 5.40. The van der Waals surface area contributed by atoms with Crippen LogP contribution in [0.25, 0.3) is 0 Å². The van der Waals surface area contributed by atoms with Crippen LogP contribution in [0.1, 0.15) is 33.9 Å². The SMILES string of the molecule is CCOC(=O)CSc1c(C=O)sc(Nc2ccccc2)c1C(=O)OCC. The maximum absolute atomic E-state index is 12.5. The molecule has 0 amide bonds. The van der Waals surface area contributed by atoms with Crippen molar-refractivity contribution in [3.63, 3.8) is 0 Å². The van der Waals surface area contributed by atoms with Crippen molar-refractivity contribution in [2.75, 3.05) is 24.3 Å². The van der Waals surface area contributed by atoms with Gasteiger partial charge >= 0.3 is 11.9 Å². The molecule has 0 fully saturated rings. The molecule has 0 unspecified atom stereocenters. The number of esters is 2. The first kappa shape index (κ1) is 20.0. The summed E-state index contributed by atoms with van der Waals surface area (Å²) >= 11 is 2.24. The highest BCUT2D eigenvalue weighted by Crippen LogP contribution is 2.41. The molecule has 0 radical (unpaired) electrons. The molecule has 0 spiro atoms. The monoisotopic (exact) mass is 393 g/mol. The van der Waals surface area contributed by atoms with E-state index >= 15 is 0 Å². The number of ether oxygens (including phenoxy) is 2. The van der Waals surface area contributed by atoms with Crippen LogP contribution in [-0.4, -0.2) is 37.2 Å². The van der Waals surface area contributed by atoms with E-state index in [1.807, 2.05) is 30.3 Å². The van der Waals surface area contributed by atoms with Crippen LogP contribution in [-0.2, 0) is 14.3 Å². The number of hydrogen-bond acceptors (Lipinski definition) is 8. The van der Waals surface area contributed by atoms with E-state index in [0.717, 1.165) is 28.8 Å². The summed E-state index contributed by atoms with van der Waals surface area (Å²) in [6.07, 6.45) is 0.678. The minimum Gasteiger partial charge on any atom is -0.465 e. The molecule has 0 saturated heterocycles. The van der Waals surface area contributed by atoms with Gasteiger partial charge in [-0.05, 0) is 26.0 Å². The molecule has 2 aromatic rings. The fraction of sp³-hybridized carbons (Fsp3) is 0.278. The van der Waals surface area contributed by atoms with Crippen molar-refractivity contribution in [2.24, 2.45) is 0 Å². The van der Waals surface area contributed by atoms with E-state index in [4.69, 9.17) is 9.47 Å². The van der Waals surface area contributed by atoms with Gasteiger partial charge in [0.25, 0.3) is 0 Å². The van der Waals surface area contributed by atoms with E-state index in [2.05, 4.69) is 5.32 Å². The first-order valence-corrected chi connectivity index (χ1v) is 9.80. The summed E-state index contributed by atoms with van der Waals surface area (Å²) in [5.74, 6) is -0.947. The number of thiophene rings is 1. The summed E-state index contributed by atoms with van der Waals surface area (Å²) in [7, 11) is 0. The molecule has 0 saturated carbocycles. The number of nitrogens with one attached hydrogen (secondary N) is 1. The Kier molecular flexibility index (Phi) is 7.68. The lowest BCUT2D eigenvalue weighted by molar-refractivity contribution is -0.139. The molecule has 1 N–H and O–H groups in total. The van der Waals surface area contributed by atoms with Crippen LogP contribution in [0.3, 0.4) is 0 Å². The van der Waals surface area contributed by atoms with Gasteiger partial charge < -0.3 is 14.8 Å². The van der Waals surface area contributed by atoms with Crippen LogP contribution >= 0.6 is 23.1 Å². The second-order valence-corrected chi connectivity index (χ2v) is 6.96. The van der Waals surface area contributed by atoms with Crippen molar-refractivity contribution in [3.05, 3.63) is 40.8 Å². The lowest BCUT2D eigenvalue weighted by Gasteiger charge is -2.09. The first-order valence-electron chi connectivity index (χ1n) is 8.00. The molecule has 1 aromatic heterocycles. The highest BCUT2D eigenvalue weighted by Gasteiger charge is 2.26. The van der Waals surface area contributed by atoms with Crippen molar-refractivity contribution in [3.8, 4) is 0 Å². The molecule has 1 heterocycles. The van der Waals surface area contributed by atoms with Gasteiger partial charge in [0.1, 0.15) is 10.6 Å². The molecule has 1 aromatic carbocycles. The van der Waals surface area contributed by atoms with Gasteiger partial charge in [0.15, 0.2) is 6.29 Å². The number of hydrogen-bond donors (Lipinski definition) is 1. The summed E-state index contributed by atoms with van der Waals surface area (Å²) in [6, 6.07) is 9.29. The van der Waals surface area contributed by atoms with Gasteiger partial charge in [-0.15, -0.1) is 23.1 Å². The average molecular weight is 393 g/mol. The number of benzene rings is 1. The maximum Gasteiger partial charge on any atom is 0.342 e. The first-order chi connectivity index (χ1) is 12.6. The van der Waals surface area contributed by atoms with Crippen LogP contribution in [0.5, 0.6) is 0 Å². The molecule has 0 aliphatic heterocycles. The quantitative estimate of drug-likeness (QED) is 0.389. The van der Waals surface area contributed by atoms with Crippen LogP contribution in [0.2, 0.25) is 0 Å². The van der Waals surface area contributed by atoms with Gasteiger partial charge in [0.05, 0.1) is 23.8 Å². The van der Waals surface area contributed by atoms with Gasteiger partial charge in [0, 0.05) is 10.6 Å². The highest BCUT2D eigenvalue weighted by atomic mass is 32.2. The van der Waals surface area contributed by atoms with E-state index in [9.17, 15) is 14.4 Å². The Morgan fingerprint density at radius 1 is 1.15 bits per heavy atom. The van der Waals surface area contributed by atoms with E-state index in [-0.39, 0.29) is 24.5 Å². The van der Waals surface area contributed by atoms with E-state index in [1.165, 1.54) is 0 Å². The summed E-state index contributed by atoms with van der Waals surface area (Å²) in [4.78, 5) is 36.4. The fourth-order valence-electron chi connectivity index (χ4n) is 2.12. The normalized spacial score (nSPS) is 10.2. The van der Waals surface area contributed by atoms with Crippen molar-refractivity contribution in [2.45, 2.75) is 18.7 Å². The molecule has 0 bridgehead atoms. The molecule has 2 rings (SSSR count). The van der Waals surface area contributed by atoms with Crippen molar-refractivity contribution in [1.82, 2.24) is 0 Å². The second-order valence-electron chi connectivity index (χ2n) is 4.92. The van der Waals surface area contributed by atoms with Crippen LogP contribution in [0.4, 0.5) is 10.7 Å². The minimum atomic E-state index is -0.540. The molecule has 0 atom stereocenters. The Hall–Kier alpha value is -2.32. The third kappa shape index (κ3) is 5.09. The Morgan fingerprint density at radius 2 is 1.85 bits per heavy atom. The standard InChI is InChI=1S/C18H19NO5S2/c1-3-23-14(21)11-25-16-13(10-20)26-17(15(16)18(22)24-4-2)19-12-8-6-5-7-9-12/h5-10,19H,3-4,11H2,1-2H3.